The fourth-order valence-electron chi connectivity index (χ4n) is 3.98. The Hall–Kier alpha value is -3.34. The maximum Gasteiger partial charge on any atom is 0.490 e. The van der Waals surface area contributed by atoms with Crippen LogP contribution in [0.2, 0.25) is 0 Å². The first-order valence-corrected chi connectivity index (χ1v) is 11.2. The molecule has 0 saturated carbocycles. The van der Waals surface area contributed by atoms with E-state index in [2.05, 4.69) is 16.9 Å². The summed E-state index contributed by atoms with van der Waals surface area (Å²) in [5.74, 6) is -5.41. The number of piperazine rings is 1. The van der Waals surface area contributed by atoms with Gasteiger partial charge in [0, 0.05) is 51.7 Å². The SMILES string of the molecule is CN1CCN(C(=O)C2CC3CN(C(=O)c4cc[nH]c4)CC2O3)CC1.O=C(O)C(F)(F)F.O=C(O)C(F)(F)F. The number of carbonyl (C=O) groups is 4. The van der Waals surface area contributed by atoms with E-state index in [4.69, 9.17) is 24.5 Å². The molecule has 0 spiro atoms. The number of nitrogens with zero attached hydrogens (tertiary/aromatic N) is 3. The van der Waals surface area contributed by atoms with E-state index < -0.39 is 24.3 Å². The summed E-state index contributed by atoms with van der Waals surface area (Å²) in [7, 11) is 2.08. The number of hydrogen-bond acceptors (Lipinski definition) is 6. The van der Waals surface area contributed by atoms with Gasteiger partial charge in [-0.2, -0.15) is 26.3 Å². The molecule has 0 aliphatic carbocycles. The van der Waals surface area contributed by atoms with Gasteiger partial charge in [0.25, 0.3) is 5.91 Å². The molecule has 3 unspecified atom stereocenters. The first-order valence-electron chi connectivity index (χ1n) is 11.2. The Labute approximate surface area is 211 Å². The largest absolute Gasteiger partial charge is 0.490 e. The lowest BCUT2D eigenvalue weighted by molar-refractivity contribution is -0.193. The molecular formula is C21H26F6N4O7. The van der Waals surface area contributed by atoms with Crippen LogP contribution >= 0.6 is 0 Å². The lowest BCUT2D eigenvalue weighted by atomic mass is 9.98. The lowest BCUT2D eigenvalue weighted by Crippen LogP contribution is -2.51. The molecule has 3 aliphatic heterocycles. The highest BCUT2D eigenvalue weighted by Crippen LogP contribution is 2.34. The number of aliphatic carboxylic acids is 2. The lowest BCUT2D eigenvalue weighted by Gasteiger charge is -2.36. The van der Waals surface area contributed by atoms with Crippen LogP contribution in [0.3, 0.4) is 0 Å². The standard InChI is InChI=1S/C17H24N4O3.2C2HF3O2/c1-19-4-6-20(7-5-19)17(23)14-8-13-10-21(11-15(14)24-13)16(22)12-2-3-18-9-12;2*3-2(4,5)1(6)7/h2-3,9,13-15,18H,4-8,10-11H2,1H3;2*(H,6,7). The number of carboxylic acids is 2. The van der Waals surface area contributed by atoms with Crippen LogP contribution < -0.4 is 0 Å². The Bertz CT molecular complexity index is 954. The summed E-state index contributed by atoms with van der Waals surface area (Å²) in [6.07, 6.45) is -6.16. The number of H-pyrrole nitrogens is 1. The van der Waals surface area contributed by atoms with Gasteiger partial charge in [-0.1, -0.05) is 0 Å². The van der Waals surface area contributed by atoms with Crippen LogP contribution in [0.1, 0.15) is 16.8 Å². The van der Waals surface area contributed by atoms with Crippen LogP contribution in [0, 0.1) is 5.92 Å². The van der Waals surface area contributed by atoms with Gasteiger partial charge < -0.3 is 34.6 Å². The predicted octanol–water partition coefficient (Wildman–Crippen LogP) is 1.28. The normalized spacial score (nSPS) is 23.5. The monoisotopic (exact) mass is 560 g/mol. The molecule has 214 valence electrons. The average molecular weight is 560 g/mol. The number of fused-ring (bicyclic) bond motifs is 2. The Morgan fingerprint density at radius 1 is 0.921 bits per heavy atom. The van der Waals surface area contributed by atoms with Crippen LogP contribution in [-0.4, -0.2) is 125 Å². The highest BCUT2D eigenvalue weighted by atomic mass is 19.4. The van der Waals surface area contributed by atoms with E-state index in [1.165, 1.54) is 0 Å². The molecular weight excluding hydrogens is 534 g/mol. The van der Waals surface area contributed by atoms with E-state index in [-0.39, 0.29) is 29.9 Å². The molecule has 3 saturated heterocycles. The van der Waals surface area contributed by atoms with Crippen molar-refractivity contribution in [2.75, 3.05) is 46.3 Å². The topological polar surface area (TPSA) is 143 Å². The molecule has 17 heteroatoms. The molecule has 4 rings (SSSR count). The van der Waals surface area contributed by atoms with Crippen molar-refractivity contribution < 1.29 is 60.5 Å². The second kappa shape index (κ2) is 12.5. The smallest absolute Gasteiger partial charge is 0.475 e. The third kappa shape index (κ3) is 8.61. The highest BCUT2D eigenvalue weighted by molar-refractivity contribution is 5.94. The molecule has 3 atom stereocenters. The summed E-state index contributed by atoms with van der Waals surface area (Å²) in [5.41, 5.74) is 0.665. The number of alkyl halides is 6. The molecule has 2 amide bonds. The first kappa shape index (κ1) is 30.9. The molecule has 1 aromatic heterocycles. The number of halogens is 6. The summed E-state index contributed by atoms with van der Waals surface area (Å²) in [5, 5.41) is 14.2. The summed E-state index contributed by atoms with van der Waals surface area (Å²) < 4.78 is 69.5. The highest BCUT2D eigenvalue weighted by Gasteiger charge is 2.47. The molecule has 3 N–H and O–H groups in total. The van der Waals surface area contributed by atoms with Gasteiger partial charge in [-0.15, -0.1) is 0 Å². The maximum atomic E-state index is 12.9. The van der Waals surface area contributed by atoms with Gasteiger partial charge in [0.1, 0.15) is 0 Å². The van der Waals surface area contributed by atoms with Gasteiger partial charge in [-0.25, -0.2) is 9.59 Å². The number of morpholine rings is 1. The minimum atomic E-state index is -5.08. The van der Waals surface area contributed by atoms with Crippen LogP contribution in [0.15, 0.2) is 18.5 Å². The third-order valence-corrected chi connectivity index (χ3v) is 5.91. The number of likely N-dealkylation sites (N-methyl/N-ethyl adjacent to an activating group) is 1. The number of carboxylic acid groups (broad SMARTS) is 2. The fraction of sp³-hybridized carbons (Fsp3) is 0.619. The molecule has 4 heterocycles. The Kier molecular flexibility index (Phi) is 10.1. The number of aromatic nitrogens is 1. The number of rotatable bonds is 2. The van der Waals surface area contributed by atoms with Crippen molar-refractivity contribution in [1.82, 2.24) is 19.7 Å². The molecule has 3 fully saturated rings. The van der Waals surface area contributed by atoms with Crippen molar-refractivity contribution in [1.29, 1.82) is 0 Å². The molecule has 1 aromatic rings. The number of nitrogens with one attached hydrogen (secondary N) is 1. The molecule has 0 aromatic carbocycles. The van der Waals surface area contributed by atoms with Crippen LogP contribution in [-0.2, 0) is 19.1 Å². The summed E-state index contributed by atoms with van der Waals surface area (Å²) >= 11 is 0. The zero-order valence-electron chi connectivity index (χ0n) is 20.0. The van der Waals surface area contributed by atoms with E-state index in [0.717, 1.165) is 32.6 Å². The Morgan fingerprint density at radius 3 is 1.89 bits per heavy atom. The van der Waals surface area contributed by atoms with Crippen LogP contribution in [0.4, 0.5) is 26.3 Å². The second-order valence-corrected chi connectivity index (χ2v) is 8.68. The van der Waals surface area contributed by atoms with Crippen molar-refractivity contribution in [2.45, 2.75) is 31.0 Å². The van der Waals surface area contributed by atoms with Crippen molar-refractivity contribution in [3.8, 4) is 0 Å². The third-order valence-electron chi connectivity index (χ3n) is 5.91. The van der Waals surface area contributed by atoms with Gasteiger partial charge in [-0.05, 0) is 19.5 Å². The van der Waals surface area contributed by atoms with Gasteiger partial charge in [-0.3, -0.25) is 9.59 Å². The molecule has 38 heavy (non-hydrogen) atoms. The van der Waals surface area contributed by atoms with Gasteiger partial charge in [0.2, 0.25) is 5.91 Å². The van der Waals surface area contributed by atoms with Crippen molar-refractivity contribution in [2.24, 2.45) is 5.92 Å². The van der Waals surface area contributed by atoms with E-state index in [9.17, 15) is 35.9 Å². The zero-order valence-corrected chi connectivity index (χ0v) is 20.0. The molecule has 0 radical (unpaired) electrons. The number of likely N-dealkylation sites (tertiary alicyclic amines) is 1. The summed E-state index contributed by atoms with van der Waals surface area (Å²) in [4.78, 5) is 52.2. The maximum absolute atomic E-state index is 12.9. The number of carbonyl (C=O) groups excluding carboxylic acids is 2. The zero-order chi connectivity index (χ0) is 28.8. The van der Waals surface area contributed by atoms with Crippen molar-refractivity contribution in [3.05, 3.63) is 24.0 Å². The average Bonchev–Trinajstić information content (AvgIpc) is 3.46. The first-order chi connectivity index (χ1) is 17.5. The van der Waals surface area contributed by atoms with Crippen molar-refractivity contribution in [3.63, 3.8) is 0 Å². The number of ether oxygens (including phenoxy) is 1. The quantitative estimate of drug-likeness (QED) is 0.460. The van der Waals surface area contributed by atoms with Crippen LogP contribution in [0.5, 0.6) is 0 Å². The number of hydrogen-bond donors (Lipinski definition) is 3. The van der Waals surface area contributed by atoms with Crippen molar-refractivity contribution >= 4 is 23.8 Å². The Morgan fingerprint density at radius 2 is 1.45 bits per heavy atom. The molecule has 2 bridgehead atoms. The second-order valence-electron chi connectivity index (χ2n) is 8.68. The number of aromatic amines is 1. The predicted molar refractivity (Wildman–Crippen MR) is 115 cm³/mol. The van der Waals surface area contributed by atoms with E-state index in [1.807, 2.05) is 9.80 Å². The van der Waals surface area contributed by atoms with Crippen LogP contribution in [0.25, 0.3) is 0 Å². The number of amides is 2. The summed E-state index contributed by atoms with van der Waals surface area (Å²) in [6, 6.07) is 1.78. The van der Waals surface area contributed by atoms with E-state index in [1.54, 1.807) is 18.5 Å². The van der Waals surface area contributed by atoms with E-state index >= 15 is 0 Å². The van der Waals surface area contributed by atoms with Gasteiger partial charge in [0.05, 0.1) is 23.7 Å². The molecule has 11 nitrogen and oxygen atoms in total. The minimum Gasteiger partial charge on any atom is -0.475 e. The molecule has 3 aliphatic rings. The van der Waals surface area contributed by atoms with Gasteiger partial charge in [0.15, 0.2) is 0 Å². The summed E-state index contributed by atoms with van der Waals surface area (Å²) in [6.45, 7) is 4.50. The fourth-order valence-corrected chi connectivity index (χ4v) is 3.98. The Balaban J connectivity index is 0.000000301. The van der Waals surface area contributed by atoms with E-state index in [0.29, 0.717) is 18.7 Å². The minimum absolute atomic E-state index is 0.0160. The van der Waals surface area contributed by atoms with Gasteiger partial charge >= 0.3 is 24.3 Å².